The lowest BCUT2D eigenvalue weighted by Gasteiger charge is -2.07. The molecular weight excluding hydrogens is 162 g/mol. The monoisotopic (exact) mass is 185 g/mol. The van der Waals surface area contributed by atoms with Gasteiger partial charge in [-0.2, -0.15) is 0 Å². The van der Waals surface area contributed by atoms with Crippen molar-refractivity contribution in [1.29, 1.82) is 0 Å². The number of nitrogens with zero attached hydrogens (tertiary/aromatic N) is 3. The Morgan fingerprint density at radius 2 is 1.62 bits per heavy atom. The van der Waals surface area contributed by atoms with Crippen molar-refractivity contribution in [2.75, 3.05) is 47.8 Å². The van der Waals surface area contributed by atoms with Gasteiger partial charge in [0.1, 0.15) is 0 Å². The highest BCUT2D eigenvalue weighted by atomic mass is 15.1. The van der Waals surface area contributed by atoms with Crippen LogP contribution < -0.4 is 0 Å². The van der Waals surface area contributed by atoms with Crippen molar-refractivity contribution in [2.45, 2.75) is 12.8 Å². The summed E-state index contributed by atoms with van der Waals surface area (Å²) in [5, 5.41) is 0. The van der Waals surface area contributed by atoms with Crippen LogP contribution in [0.1, 0.15) is 12.8 Å². The van der Waals surface area contributed by atoms with E-state index in [1.807, 2.05) is 6.21 Å². The van der Waals surface area contributed by atoms with E-state index in [0.29, 0.717) is 0 Å². The molecule has 0 rings (SSSR count). The molecule has 0 radical (unpaired) electrons. The summed E-state index contributed by atoms with van der Waals surface area (Å²) < 4.78 is 0. The molecule has 0 aromatic carbocycles. The molecule has 0 aromatic rings. The van der Waals surface area contributed by atoms with E-state index in [0.717, 1.165) is 32.5 Å². The number of rotatable bonds is 7. The van der Waals surface area contributed by atoms with Gasteiger partial charge in [-0.05, 0) is 53.8 Å². The topological polar surface area (TPSA) is 18.8 Å². The maximum atomic E-state index is 4.34. The normalized spacial score (nSPS) is 12.2. The van der Waals surface area contributed by atoms with E-state index in [-0.39, 0.29) is 0 Å². The van der Waals surface area contributed by atoms with Crippen LogP contribution in [0.2, 0.25) is 0 Å². The van der Waals surface area contributed by atoms with Crippen molar-refractivity contribution in [3.05, 3.63) is 0 Å². The zero-order chi connectivity index (χ0) is 10.1. The standard InChI is InChI=1S/C10H23N3/c1-12(2)9-5-7-11-8-6-10-13(3)4/h7H,5-6,8-10H2,1-4H3/b11-7+. The van der Waals surface area contributed by atoms with Gasteiger partial charge in [0.05, 0.1) is 0 Å². The fourth-order valence-corrected chi connectivity index (χ4v) is 0.977. The Kier molecular flexibility index (Phi) is 7.94. The molecule has 13 heavy (non-hydrogen) atoms. The summed E-state index contributed by atoms with van der Waals surface area (Å²) in [6, 6.07) is 0. The highest BCUT2D eigenvalue weighted by Crippen LogP contribution is 1.85. The molecule has 0 aliphatic carbocycles. The van der Waals surface area contributed by atoms with Gasteiger partial charge in [0.2, 0.25) is 0 Å². The average molecular weight is 185 g/mol. The summed E-state index contributed by atoms with van der Waals surface area (Å²) >= 11 is 0. The molecule has 0 aliphatic rings. The van der Waals surface area contributed by atoms with Gasteiger partial charge in [0.15, 0.2) is 0 Å². The van der Waals surface area contributed by atoms with Crippen molar-refractivity contribution in [2.24, 2.45) is 4.99 Å². The van der Waals surface area contributed by atoms with Crippen LogP contribution in [-0.2, 0) is 0 Å². The number of aliphatic imine (C=N–C) groups is 1. The molecule has 0 amide bonds. The third-order valence-corrected chi connectivity index (χ3v) is 1.73. The van der Waals surface area contributed by atoms with Crippen LogP contribution in [0, 0.1) is 0 Å². The molecule has 0 atom stereocenters. The first-order valence-corrected chi connectivity index (χ1v) is 4.90. The quantitative estimate of drug-likeness (QED) is 0.434. The zero-order valence-electron chi connectivity index (χ0n) is 9.45. The second-order valence-electron chi connectivity index (χ2n) is 3.84. The lowest BCUT2D eigenvalue weighted by Crippen LogP contribution is -2.14. The van der Waals surface area contributed by atoms with Crippen molar-refractivity contribution in [1.82, 2.24) is 9.80 Å². The van der Waals surface area contributed by atoms with E-state index in [4.69, 9.17) is 0 Å². The Balaban J connectivity index is 3.13. The largest absolute Gasteiger partial charge is 0.309 e. The summed E-state index contributed by atoms with van der Waals surface area (Å²) in [4.78, 5) is 8.70. The van der Waals surface area contributed by atoms with Crippen LogP contribution in [0.5, 0.6) is 0 Å². The Bertz CT molecular complexity index is 130. The van der Waals surface area contributed by atoms with E-state index in [2.05, 4.69) is 43.0 Å². The maximum Gasteiger partial charge on any atom is 0.0397 e. The van der Waals surface area contributed by atoms with Crippen molar-refractivity contribution >= 4 is 6.21 Å². The average Bonchev–Trinajstić information content (AvgIpc) is 2.01. The summed E-state index contributed by atoms with van der Waals surface area (Å²) in [6.07, 6.45) is 4.26. The highest BCUT2D eigenvalue weighted by Gasteiger charge is 1.88. The first-order valence-electron chi connectivity index (χ1n) is 4.90. The molecule has 0 spiro atoms. The molecule has 0 saturated heterocycles. The maximum absolute atomic E-state index is 4.34. The van der Waals surface area contributed by atoms with Crippen LogP contribution >= 0.6 is 0 Å². The predicted octanol–water partition coefficient (Wildman–Crippen LogP) is 0.961. The second-order valence-corrected chi connectivity index (χ2v) is 3.84. The summed E-state index contributed by atoms with van der Waals surface area (Å²) in [6.45, 7) is 3.19. The molecule has 0 bridgehead atoms. The Morgan fingerprint density at radius 1 is 1.00 bits per heavy atom. The molecule has 3 heteroatoms. The molecule has 0 heterocycles. The third-order valence-electron chi connectivity index (χ3n) is 1.73. The van der Waals surface area contributed by atoms with Gasteiger partial charge in [0.25, 0.3) is 0 Å². The van der Waals surface area contributed by atoms with E-state index in [9.17, 15) is 0 Å². The lowest BCUT2D eigenvalue weighted by atomic mass is 10.4. The Hall–Kier alpha value is -0.410. The van der Waals surface area contributed by atoms with Crippen LogP contribution in [0.3, 0.4) is 0 Å². The van der Waals surface area contributed by atoms with Gasteiger partial charge in [-0.1, -0.05) is 0 Å². The Morgan fingerprint density at radius 3 is 2.15 bits per heavy atom. The molecule has 0 aromatic heterocycles. The molecule has 0 unspecified atom stereocenters. The van der Waals surface area contributed by atoms with Crippen LogP contribution in [0.25, 0.3) is 0 Å². The van der Waals surface area contributed by atoms with Gasteiger partial charge in [-0.25, -0.2) is 0 Å². The van der Waals surface area contributed by atoms with Crippen LogP contribution in [-0.4, -0.2) is 63.8 Å². The molecule has 0 N–H and O–H groups in total. The minimum Gasteiger partial charge on any atom is -0.309 e. The van der Waals surface area contributed by atoms with Gasteiger partial charge in [0, 0.05) is 13.1 Å². The molecule has 0 saturated carbocycles. The van der Waals surface area contributed by atoms with Gasteiger partial charge in [-0.3, -0.25) is 4.99 Å². The third kappa shape index (κ3) is 11.6. The van der Waals surface area contributed by atoms with Gasteiger partial charge < -0.3 is 9.80 Å². The highest BCUT2D eigenvalue weighted by molar-refractivity contribution is 5.57. The van der Waals surface area contributed by atoms with E-state index in [1.54, 1.807) is 0 Å². The molecule has 0 aliphatic heterocycles. The number of hydrogen-bond donors (Lipinski definition) is 0. The van der Waals surface area contributed by atoms with E-state index in [1.165, 1.54) is 0 Å². The lowest BCUT2D eigenvalue weighted by molar-refractivity contribution is 0.403. The van der Waals surface area contributed by atoms with Crippen LogP contribution in [0.4, 0.5) is 0 Å². The predicted molar refractivity (Wildman–Crippen MR) is 59.7 cm³/mol. The Labute approximate surface area is 82.4 Å². The zero-order valence-corrected chi connectivity index (χ0v) is 9.45. The molecule has 78 valence electrons. The van der Waals surface area contributed by atoms with Crippen molar-refractivity contribution in [3.63, 3.8) is 0 Å². The molecular formula is C10H23N3. The fourth-order valence-electron chi connectivity index (χ4n) is 0.977. The smallest absolute Gasteiger partial charge is 0.0397 e. The second kappa shape index (κ2) is 8.20. The SMILES string of the molecule is CN(C)CC/C=N/CCCN(C)C. The fraction of sp³-hybridized carbons (Fsp3) is 0.900. The van der Waals surface area contributed by atoms with E-state index < -0.39 is 0 Å². The molecule has 3 nitrogen and oxygen atoms in total. The first kappa shape index (κ1) is 12.6. The number of hydrogen-bond acceptors (Lipinski definition) is 3. The first-order chi connectivity index (χ1) is 6.13. The summed E-state index contributed by atoms with van der Waals surface area (Å²) in [7, 11) is 8.35. The van der Waals surface area contributed by atoms with Gasteiger partial charge >= 0.3 is 0 Å². The summed E-state index contributed by atoms with van der Waals surface area (Å²) in [5.41, 5.74) is 0. The molecule has 0 fully saturated rings. The summed E-state index contributed by atoms with van der Waals surface area (Å²) in [5.74, 6) is 0. The van der Waals surface area contributed by atoms with Crippen LogP contribution in [0.15, 0.2) is 4.99 Å². The minimum absolute atomic E-state index is 0.964. The van der Waals surface area contributed by atoms with E-state index >= 15 is 0 Å². The van der Waals surface area contributed by atoms with Crippen molar-refractivity contribution in [3.8, 4) is 0 Å². The van der Waals surface area contributed by atoms with Crippen molar-refractivity contribution < 1.29 is 0 Å². The van der Waals surface area contributed by atoms with Gasteiger partial charge in [-0.15, -0.1) is 0 Å². The minimum atomic E-state index is 0.964.